The van der Waals surface area contributed by atoms with Crippen LogP contribution in [0.15, 0.2) is 24.4 Å². The van der Waals surface area contributed by atoms with Crippen molar-refractivity contribution >= 4 is 40.6 Å². The van der Waals surface area contributed by atoms with Gasteiger partial charge in [-0.25, -0.2) is 4.79 Å². The van der Waals surface area contributed by atoms with Gasteiger partial charge >= 0.3 is 5.97 Å². The topological polar surface area (TPSA) is 90.3 Å². The Hall–Kier alpha value is -2.19. The van der Waals surface area contributed by atoms with Crippen LogP contribution in [-0.2, 0) is 21.4 Å². The Morgan fingerprint density at radius 1 is 1.33 bits per heavy atom. The zero-order chi connectivity index (χ0) is 17.7. The van der Waals surface area contributed by atoms with Gasteiger partial charge in [-0.3, -0.25) is 14.3 Å². The van der Waals surface area contributed by atoms with E-state index >= 15 is 0 Å². The molecule has 2 aromatic heterocycles. The summed E-state index contributed by atoms with van der Waals surface area (Å²) in [6.07, 6.45) is 1.63. The zero-order valence-electron chi connectivity index (χ0n) is 13.1. The Morgan fingerprint density at radius 2 is 2.08 bits per heavy atom. The molecule has 7 nitrogen and oxygen atoms in total. The fourth-order valence-corrected chi connectivity index (χ4v) is 3.02. The quantitative estimate of drug-likeness (QED) is 0.596. The lowest BCUT2D eigenvalue weighted by Gasteiger charge is -2.14. The average molecular weight is 370 g/mol. The number of nitrogens with one attached hydrogen (secondary N) is 1. The molecule has 0 aromatic carbocycles. The lowest BCUT2D eigenvalue weighted by atomic mass is 10.1. The Morgan fingerprint density at radius 3 is 2.62 bits per heavy atom. The van der Waals surface area contributed by atoms with E-state index in [0.717, 1.165) is 0 Å². The SMILES string of the molecule is COC(=O)[C@@H](NC(=O)CCC(=O)c1ccc(Cl)s1)c1ccn(C)n1. The second kappa shape index (κ2) is 8.07. The van der Waals surface area contributed by atoms with Gasteiger partial charge in [0.15, 0.2) is 11.8 Å². The first-order valence-corrected chi connectivity index (χ1v) is 8.25. The third-order valence-corrected chi connectivity index (χ3v) is 4.47. The number of halogens is 1. The first kappa shape index (κ1) is 18.2. The number of Topliss-reactive ketones (excluding diaryl/α,β-unsaturated/α-hetero) is 1. The maximum Gasteiger partial charge on any atom is 0.334 e. The van der Waals surface area contributed by atoms with Gasteiger partial charge in [0.2, 0.25) is 5.91 Å². The van der Waals surface area contributed by atoms with E-state index in [1.54, 1.807) is 31.4 Å². The minimum Gasteiger partial charge on any atom is -0.467 e. The number of ether oxygens (including phenoxy) is 1. The van der Waals surface area contributed by atoms with E-state index in [0.29, 0.717) is 14.9 Å². The number of hydrogen-bond donors (Lipinski definition) is 1. The van der Waals surface area contributed by atoms with E-state index in [2.05, 4.69) is 10.4 Å². The van der Waals surface area contributed by atoms with Crippen LogP contribution in [0, 0.1) is 0 Å². The van der Waals surface area contributed by atoms with E-state index in [9.17, 15) is 14.4 Å². The summed E-state index contributed by atoms with van der Waals surface area (Å²) in [5.41, 5.74) is 0.370. The zero-order valence-corrected chi connectivity index (χ0v) is 14.7. The van der Waals surface area contributed by atoms with Crippen LogP contribution < -0.4 is 5.32 Å². The maximum atomic E-state index is 12.1. The van der Waals surface area contributed by atoms with Crippen molar-refractivity contribution in [2.24, 2.45) is 7.05 Å². The highest BCUT2D eigenvalue weighted by Gasteiger charge is 2.26. The van der Waals surface area contributed by atoms with Crippen LogP contribution in [0.25, 0.3) is 0 Å². The Balaban J connectivity index is 1.95. The molecule has 2 aromatic rings. The number of methoxy groups -OCH3 is 1. The fourth-order valence-electron chi connectivity index (χ4n) is 2.01. The number of thiophene rings is 1. The Labute approximate surface area is 147 Å². The van der Waals surface area contributed by atoms with E-state index in [4.69, 9.17) is 16.3 Å². The van der Waals surface area contributed by atoms with E-state index in [1.165, 1.54) is 23.1 Å². The number of nitrogens with zero attached hydrogens (tertiary/aromatic N) is 2. The molecule has 0 fully saturated rings. The third kappa shape index (κ3) is 4.65. The number of hydrogen-bond acceptors (Lipinski definition) is 6. The first-order valence-electron chi connectivity index (χ1n) is 7.06. The lowest BCUT2D eigenvalue weighted by Crippen LogP contribution is -2.35. The molecule has 128 valence electrons. The van der Waals surface area contributed by atoms with E-state index < -0.39 is 17.9 Å². The summed E-state index contributed by atoms with van der Waals surface area (Å²) in [5.74, 6) is -1.24. The highest BCUT2D eigenvalue weighted by Crippen LogP contribution is 2.23. The van der Waals surface area contributed by atoms with Gasteiger partial charge in [-0.05, 0) is 18.2 Å². The van der Waals surface area contributed by atoms with E-state index in [-0.39, 0.29) is 18.6 Å². The predicted molar refractivity (Wildman–Crippen MR) is 89.0 cm³/mol. The molecule has 0 radical (unpaired) electrons. The minimum atomic E-state index is -1.00. The third-order valence-electron chi connectivity index (χ3n) is 3.20. The van der Waals surface area contributed by atoms with E-state index in [1.807, 2.05) is 0 Å². The van der Waals surface area contributed by atoms with Crippen LogP contribution in [0.5, 0.6) is 0 Å². The molecule has 0 bridgehead atoms. The van der Waals surface area contributed by atoms with Gasteiger partial charge in [-0.15, -0.1) is 11.3 Å². The van der Waals surface area contributed by atoms with Crippen LogP contribution in [0.2, 0.25) is 4.34 Å². The highest BCUT2D eigenvalue weighted by atomic mass is 35.5. The standard InChI is InChI=1S/C15H16ClN3O4S/c1-19-8-7-9(18-19)14(15(22)23-2)17-13(21)6-3-10(20)11-4-5-12(16)24-11/h4-5,7-8,14H,3,6H2,1-2H3,(H,17,21)/t14-/m0/s1. The van der Waals surface area contributed by atoms with Crippen molar-refractivity contribution in [1.82, 2.24) is 15.1 Å². The first-order chi connectivity index (χ1) is 11.4. The largest absolute Gasteiger partial charge is 0.467 e. The van der Waals surface area contributed by atoms with Gasteiger partial charge in [-0.1, -0.05) is 11.6 Å². The molecule has 2 rings (SSSR count). The highest BCUT2D eigenvalue weighted by molar-refractivity contribution is 7.18. The van der Waals surface area contributed by atoms with Crippen molar-refractivity contribution in [1.29, 1.82) is 0 Å². The molecular weight excluding hydrogens is 354 g/mol. The van der Waals surface area contributed by atoms with Crippen molar-refractivity contribution < 1.29 is 19.1 Å². The van der Waals surface area contributed by atoms with Crippen LogP contribution in [0.3, 0.4) is 0 Å². The molecule has 0 aliphatic carbocycles. The molecule has 1 amide bonds. The predicted octanol–water partition coefficient (Wildman–Crippen LogP) is 2.13. The summed E-state index contributed by atoms with van der Waals surface area (Å²) in [7, 11) is 2.93. The Kier molecular flexibility index (Phi) is 6.10. The minimum absolute atomic E-state index is 0.0266. The maximum absolute atomic E-state index is 12.1. The monoisotopic (exact) mass is 369 g/mol. The molecule has 0 aliphatic rings. The summed E-state index contributed by atoms with van der Waals surface area (Å²) in [5, 5.41) is 6.65. The average Bonchev–Trinajstić information content (AvgIpc) is 3.18. The molecule has 24 heavy (non-hydrogen) atoms. The van der Waals surface area contributed by atoms with Gasteiger partial charge < -0.3 is 10.1 Å². The van der Waals surface area contributed by atoms with Crippen LogP contribution in [0.1, 0.15) is 34.2 Å². The summed E-state index contributed by atoms with van der Waals surface area (Å²) >= 11 is 6.95. The number of ketones is 1. The Bertz CT molecular complexity index is 755. The molecule has 1 N–H and O–H groups in total. The van der Waals surface area contributed by atoms with Crippen molar-refractivity contribution in [2.45, 2.75) is 18.9 Å². The van der Waals surface area contributed by atoms with Crippen molar-refractivity contribution in [3.05, 3.63) is 39.3 Å². The van der Waals surface area contributed by atoms with Crippen molar-refractivity contribution in [2.75, 3.05) is 7.11 Å². The van der Waals surface area contributed by atoms with Crippen LogP contribution in [0.4, 0.5) is 0 Å². The number of esters is 1. The summed E-state index contributed by atoms with van der Waals surface area (Å²) in [6.45, 7) is 0. The van der Waals surface area contributed by atoms with Crippen LogP contribution in [-0.4, -0.2) is 34.6 Å². The number of carbonyl (C=O) groups excluding carboxylic acids is 3. The molecule has 2 heterocycles. The normalized spacial score (nSPS) is 11.8. The molecule has 9 heteroatoms. The second-order valence-electron chi connectivity index (χ2n) is 4.96. The molecule has 1 atom stereocenters. The molecule has 0 spiro atoms. The molecular formula is C15H16ClN3O4S. The number of carbonyl (C=O) groups is 3. The number of rotatable bonds is 7. The van der Waals surface area contributed by atoms with Gasteiger partial charge in [0, 0.05) is 26.1 Å². The number of amides is 1. The van der Waals surface area contributed by atoms with Gasteiger partial charge in [-0.2, -0.15) is 5.10 Å². The number of aromatic nitrogens is 2. The molecule has 0 unspecified atom stereocenters. The fraction of sp³-hybridized carbons (Fsp3) is 0.333. The lowest BCUT2D eigenvalue weighted by molar-refractivity contribution is -0.145. The van der Waals surface area contributed by atoms with Gasteiger partial charge in [0.25, 0.3) is 0 Å². The van der Waals surface area contributed by atoms with Crippen LogP contribution >= 0.6 is 22.9 Å². The summed E-state index contributed by atoms with van der Waals surface area (Å²) in [6, 6.07) is 3.86. The number of aryl methyl sites for hydroxylation is 1. The van der Waals surface area contributed by atoms with Crippen molar-refractivity contribution in [3.63, 3.8) is 0 Å². The van der Waals surface area contributed by atoms with Gasteiger partial charge in [0.05, 0.1) is 22.0 Å². The van der Waals surface area contributed by atoms with Crippen molar-refractivity contribution in [3.8, 4) is 0 Å². The second-order valence-corrected chi connectivity index (χ2v) is 6.68. The summed E-state index contributed by atoms with van der Waals surface area (Å²) in [4.78, 5) is 36.4. The molecule has 0 aliphatic heterocycles. The molecule has 0 saturated carbocycles. The smallest absolute Gasteiger partial charge is 0.334 e. The summed E-state index contributed by atoms with van der Waals surface area (Å²) < 4.78 is 6.72. The van der Waals surface area contributed by atoms with Gasteiger partial charge in [0.1, 0.15) is 0 Å². The molecule has 0 saturated heterocycles.